The van der Waals surface area contributed by atoms with Crippen molar-refractivity contribution in [1.82, 2.24) is 5.06 Å². The number of carbonyl (C=O) groups excluding carboxylic acids is 1. The summed E-state index contributed by atoms with van der Waals surface area (Å²) in [6.07, 6.45) is -0.856. The molecule has 0 aromatic carbocycles. The third-order valence-electron chi connectivity index (χ3n) is 2.36. The van der Waals surface area contributed by atoms with Gasteiger partial charge in [0.05, 0.1) is 19.1 Å². The Morgan fingerprint density at radius 2 is 2.00 bits per heavy atom. The van der Waals surface area contributed by atoms with Gasteiger partial charge in [0.2, 0.25) is 0 Å². The van der Waals surface area contributed by atoms with Crippen LogP contribution in [0.25, 0.3) is 0 Å². The summed E-state index contributed by atoms with van der Waals surface area (Å²) in [7, 11) is 2.86. The number of hydroxylamine groups is 2. The van der Waals surface area contributed by atoms with E-state index in [4.69, 9.17) is 9.94 Å². The van der Waals surface area contributed by atoms with Crippen LogP contribution < -0.4 is 0 Å². The number of aliphatic hydroxyl groups excluding tert-OH is 2. The predicted octanol–water partition coefficient (Wildman–Crippen LogP) is -0.368. The molecule has 2 N–H and O–H groups in total. The molecular weight excluding hydrogens is 186 g/mol. The summed E-state index contributed by atoms with van der Waals surface area (Å²) >= 11 is 0. The number of carbonyl (C=O) groups is 1. The van der Waals surface area contributed by atoms with Crippen LogP contribution in [0.3, 0.4) is 0 Å². The Bertz CT molecular complexity index is 186. The molecule has 0 aliphatic heterocycles. The Hall–Kier alpha value is -0.650. The molecule has 0 aromatic rings. The van der Waals surface area contributed by atoms with Crippen LogP contribution in [-0.2, 0) is 9.63 Å². The van der Waals surface area contributed by atoms with E-state index in [0.29, 0.717) is 0 Å². The first-order valence-electron chi connectivity index (χ1n) is 4.56. The standard InChI is InChI=1S/C9H19NO4/c1-6(5-11)8(12)7(2)9(13)10(3)14-4/h6-8,11-12H,5H2,1-4H3/t6?,7-,8+/m1/s1. The molecule has 84 valence electrons. The van der Waals surface area contributed by atoms with Crippen LogP contribution in [0.5, 0.6) is 0 Å². The highest BCUT2D eigenvalue weighted by Crippen LogP contribution is 2.14. The second kappa shape index (κ2) is 5.95. The summed E-state index contributed by atoms with van der Waals surface area (Å²) in [6, 6.07) is 0. The minimum atomic E-state index is -0.856. The van der Waals surface area contributed by atoms with Gasteiger partial charge in [0, 0.05) is 19.6 Å². The molecule has 0 fully saturated rings. The summed E-state index contributed by atoms with van der Waals surface area (Å²) in [4.78, 5) is 16.2. The van der Waals surface area contributed by atoms with E-state index in [0.717, 1.165) is 5.06 Å². The summed E-state index contributed by atoms with van der Waals surface area (Å²) in [5, 5.41) is 19.5. The molecule has 0 bridgehead atoms. The van der Waals surface area contributed by atoms with Crippen molar-refractivity contribution >= 4 is 5.91 Å². The first-order valence-corrected chi connectivity index (χ1v) is 4.56. The van der Waals surface area contributed by atoms with E-state index in [-0.39, 0.29) is 18.4 Å². The molecule has 5 nitrogen and oxygen atoms in total. The molecule has 5 heteroatoms. The topological polar surface area (TPSA) is 70.0 Å². The number of hydrogen-bond acceptors (Lipinski definition) is 4. The Morgan fingerprint density at radius 3 is 2.36 bits per heavy atom. The van der Waals surface area contributed by atoms with Crippen LogP contribution in [0.1, 0.15) is 13.8 Å². The molecule has 0 spiro atoms. The second-order valence-electron chi connectivity index (χ2n) is 3.46. The average molecular weight is 205 g/mol. The molecule has 0 aliphatic rings. The van der Waals surface area contributed by atoms with E-state index in [1.54, 1.807) is 13.8 Å². The SMILES string of the molecule is CON(C)C(=O)[C@H](C)[C@@H](O)C(C)CO. The Labute approximate surface area is 84.2 Å². The van der Waals surface area contributed by atoms with Crippen molar-refractivity contribution in [3.8, 4) is 0 Å². The van der Waals surface area contributed by atoms with E-state index >= 15 is 0 Å². The molecule has 1 amide bonds. The maximum Gasteiger partial charge on any atom is 0.251 e. The Morgan fingerprint density at radius 1 is 1.50 bits per heavy atom. The highest BCUT2D eigenvalue weighted by atomic mass is 16.7. The van der Waals surface area contributed by atoms with Crippen molar-refractivity contribution < 1.29 is 19.8 Å². The first-order chi connectivity index (χ1) is 6.45. The molecule has 0 saturated heterocycles. The van der Waals surface area contributed by atoms with Crippen LogP contribution in [0.15, 0.2) is 0 Å². The van der Waals surface area contributed by atoms with Crippen molar-refractivity contribution in [1.29, 1.82) is 0 Å². The molecule has 14 heavy (non-hydrogen) atoms. The van der Waals surface area contributed by atoms with Gasteiger partial charge < -0.3 is 10.2 Å². The predicted molar refractivity (Wildman–Crippen MR) is 51.2 cm³/mol. The number of hydrogen-bond donors (Lipinski definition) is 2. The fraction of sp³-hybridized carbons (Fsp3) is 0.889. The monoisotopic (exact) mass is 205 g/mol. The first kappa shape index (κ1) is 13.4. The smallest absolute Gasteiger partial charge is 0.251 e. The molecule has 0 aliphatic carbocycles. The molecule has 0 saturated carbocycles. The molecule has 0 heterocycles. The summed E-state index contributed by atoms with van der Waals surface area (Å²) in [6.45, 7) is 3.14. The lowest BCUT2D eigenvalue weighted by molar-refractivity contribution is -0.177. The molecule has 3 atom stereocenters. The van der Waals surface area contributed by atoms with Crippen molar-refractivity contribution in [2.75, 3.05) is 20.8 Å². The van der Waals surface area contributed by atoms with Gasteiger partial charge in [-0.05, 0) is 0 Å². The third kappa shape index (κ3) is 3.25. The zero-order chi connectivity index (χ0) is 11.3. The van der Waals surface area contributed by atoms with Crippen molar-refractivity contribution in [3.05, 3.63) is 0 Å². The quantitative estimate of drug-likeness (QED) is 0.601. The molecular formula is C9H19NO4. The maximum absolute atomic E-state index is 11.5. The van der Waals surface area contributed by atoms with Gasteiger partial charge in [-0.2, -0.15) is 0 Å². The largest absolute Gasteiger partial charge is 0.396 e. The number of amides is 1. The number of rotatable bonds is 5. The van der Waals surface area contributed by atoms with Gasteiger partial charge in [0.1, 0.15) is 0 Å². The van der Waals surface area contributed by atoms with E-state index in [1.807, 2.05) is 0 Å². The minimum absolute atomic E-state index is 0.143. The fourth-order valence-corrected chi connectivity index (χ4v) is 1.12. The highest BCUT2D eigenvalue weighted by molar-refractivity contribution is 5.77. The lowest BCUT2D eigenvalue weighted by Crippen LogP contribution is -2.40. The summed E-state index contributed by atoms with van der Waals surface area (Å²) in [5.74, 6) is -1.21. The van der Waals surface area contributed by atoms with Crippen LogP contribution in [0.4, 0.5) is 0 Å². The Kier molecular flexibility index (Phi) is 5.68. The van der Waals surface area contributed by atoms with Crippen molar-refractivity contribution in [2.24, 2.45) is 11.8 Å². The van der Waals surface area contributed by atoms with Gasteiger partial charge in [-0.15, -0.1) is 0 Å². The highest BCUT2D eigenvalue weighted by Gasteiger charge is 2.28. The van der Waals surface area contributed by atoms with E-state index in [9.17, 15) is 9.90 Å². The van der Waals surface area contributed by atoms with E-state index in [2.05, 4.69) is 0 Å². The molecule has 0 radical (unpaired) electrons. The molecule has 1 unspecified atom stereocenters. The second-order valence-corrected chi connectivity index (χ2v) is 3.46. The van der Waals surface area contributed by atoms with Crippen LogP contribution >= 0.6 is 0 Å². The van der Waals surface area contributed by atoms with E-state index < -0.39 is 12.0 Å². The van der Waals surface area contributed by atoms with Gasteiger partial charge >= 0.3 is 0 Å². The number of aliphatic hydroxyl groups is 2. The summed E-state index contributed by atoms with van der Waals surface area (Å²) < 4.78 is 0. The van der Waals surface area contributed by atoms with Crippen LogP contribution in [0, 0.1) is 11.8 Å². The van der Waals surface area contributed by atoms with Gasteiger partial charge in [0.25, 0.3) is 5.91 Å². The lowest BCUT2D eigenvalue weighted by Gasteiger charge is -2.25. The third-order valence-corrected chi connectivity index (χ3v) is 2.36. The molecule has 0 rings (SSSR count). The van der Waals surface area contributed by atoms with Crippen molar-refractivity contribution in [2.45, 2.75) is 20.0 Å². The maximum atomic E-state index is 11.5. The normalized spacial score (nSPS) is 17.3. The lowest BCUT2D eigenvalue weighted by atomic mass is 9.93. The molecule has 0 aromatic heterocycles. The summed E-state index contributed by atoms with van der Waals surface area (Å²) in [5.41, 5.74) is 0. The van der Waals surface area contributed by atoms with Crippen LogP contribution in [0.2, 0.25) is 0 Å². The van der Waals surface area contributed by atoms with Gasteiger partial charge in [-0.3, -0.25) is 9.63 Å². The average Bonchev–Trinajstić information content (AvgIpc) is 2.23. The zero-order valence-corrected chi connectivity index (χ0v) is 9.10. The Balaban J connectivity index is 4.30. The minimum Gasteiger partial charge on any atom is -0.396 e. The van der Waals surface area contributed by atoms with Gasteiger partial charge in [-0.25, -0.2) is 5.06 Å². The van der Waals surface area contributed by atoms with Gasteiger partial charge in [-0.1, -0.05) is 13.8 Å². The van der Waals surface area contributed by atoms with E-state index in [1.165, 1.54) is 14.2 Å². The fourth-order valence-electron chi connectivity index (χ4n) is 1.12. The number of nitrogens with zero attached hydrogens (tertiary/aromatic N) is 1. The zero-order valence-electron chi connectivity index (χ0n) is 9.10. The van der Waals surface area contributed by atoms with Crippen LogP contribution in [-0.4, -0.2) is 48.1 Å². The van der Waals surface area contributed by atoms with Crippen molar-refractivity contribution in [3.63, 3.8) is 0 Å². The van der Waals surface area contributed by atoms with Gasteiger partial charge in [0.15, 0.2) is 0 Å².